The fourth-order valence-corrected chi connectivity index (χ4v) is 11.2. The minimum atomic E-state index is -0.274. The number of hydrogen-bond acceptors (Lipinski definition) is 1. The minimum Gasteiger partial charge on any atom is -0.310 e. The van der Waals surface area contributed by atoms with Crippen LogP contribution in [0.2, 0.25) is 0 Å². The van der Waals surface area contributed by atoms with E-state index in [2.05, 4.69) is 280 Å². The number of benzene rings is 12. The normalized spacial score (nSPS) is 12.5. The summed E-state index contributed by atoms with van der Waals surface area (Å²) < 4.78 is 0. The van der Waals surface area contributed by atoms with Gasteiger partial charge in [0, 0.05) is 22.2 Å². The van der Waals surface area contributed by atoms with Gasteiger partial charge in [-0.2, -0.15) is 0 Å². The van der Waals surface area contributed by atoms with Gasteiger partial charge in [0.05, 0.1) is 5.69 Å². The molecule has 0 unspecified atom stereocenters. The van der Waals surface area contributed by atoms with Gasteiger partial charge in [0.1, 0.15) is 0 Å². The van der Waals surface area contributed by atoms with Gasteiger partial charge in [0.25, 0.3) is 0 Å². The van der Waals surface area contributed by atoms with Crippen LogP contribution in [-0.2, 0) is 5.41 Å². The Hall–Kier alpha value is -8.78. The van der Waals surface area contributed by atoms with E-state index in [9.17, 15) is 0 Å². The Kier molecular flexibility index (Phi) is 9.92. The maximum Gasteiger partial charge on any atom is 0.0543 e. The molecule has 0 saturated heterocycles. The lowest BCUT2D eigenvalue weighted by molar-refractivity contribution is 0.661. The smallest absolute Gasteiger partial charge is 0.0543 e. The van der Waals surface area contributed by atoms with Gasteiger partial charge in [-0.05, 0) is 147 Å². The Morgan fingerprint density at radius 2 is 0.671 bits per heavy atom. The molecule has 0 aliphatic heterocycles. The molecule has 12 aromatic rings. The van der Waals surface area contributed by atoms with E-state index in [0.29, 0.717) is 0 Å². The van der Waals surface area contributed by atoms with Gasteiger partial charge in [-0.1, -0.05) is 232 Å². The molecule has 0 N–H and O–H groups in total. The Morgan fingerprint density at radius 3 is 1.20 bits per heavy atom. The molecule has 12 aromatic carbocycles. The summed E-state index contributed by atoms with van der Waals surface area (Å²) in [4.78, 5) is 2.47. The number of hydrogen-bond donors (Lipinski definition) is 0. The van der Waals surface area contributed by atoms with Crippen molar-refractivity contribution in [2.45, 2.75) is 19.3 Å². The SMILES string of the molecule is CC1(C)c2cc(-c3cc4ccccc4c4ccccc34)ccc2-c2c1cc(N(c1ccc(-c3ccc(-c4ccccc4)cc3)cc1)c1ccc(-c3ccc(-c4ccccc4)cc3)cc1)c1ccccc21. The van der Waals surface area contributed by atoms with Crippen molar-refractivity contribution in [3.05, 3.63) is 272 Å². The fraction of sp³-hybridized carbons (Fsp3) is 0.0435. The summed E-state index contributed by atoms with van der Waals surface area (Å²) in [6.07, 6.45) is 0. The van der Waals surface area contributed by atoms with Gasteiger partial charge in [-0.15, -0.1) is 0 Å². The maximum atomic E-state index is 2.50. The first-order valence-electron chi connectivity index (χ1n) is 24.4. The van der Waals surface area contributed by atoms with Crippen LogP contribution in [0.3, 0.4) is 0 Å². The quantitative estimate of drug-likeness (QED) is 0.137. The molecular formula is C69H49N. The number of rotatable bonds is 8. The van der Waals surface area contributed by atoms with E-state index in [0.717, 1.165) is 17.1 Å². The molecule has 13 rings (SSSR count). The lowest BCUT2D eigenvalue weighted by atomic mass is 9.80. The molecule has 0 amide bonds. The van der Waals surface area contributed by atoms with Crippen LogP contribution in [0.4, 0.5) is 17.1 Å². The largest absolute Gasteiger partial charge is 0.310 e. The summed E-state index contributed by atoms with van der Waals surface area (Å²) in [5.41, 5.74) is 20.6. The first-order valence-corrected chi connectivity index (χ1v) is 24.4. The summed E-state index contributed by atoms with van der Waals surface area (Å²) in [7, 11) is 0. The van der Waals surface area contributed by atoms with E-state index in [-0.39, 0.29) is 5.41 Å². The Balaban J connectivity index is 0.932. The lowest BCUT2D eigenvalue weighted by Crippen LogP contribution is -2.17. The van der Waals surface area contributed by atoms with Crippen molar-refractivity contribution in [1.29, 1.82) is 0 Å². The highest BCUT2D eigenvalue weighted by Crippen LogP contribution is 2.55. The van der Waals surface area contributed by atoms with E-state index >= 15 is 0 Å². The van der Waals surface area contributed by atoms with Crippen LogP contribution in [0, 0.1) is 0 Å². The Bertz CT molecular complexity index is 3780. The standard InChI is InChI=1S/C69H49N/c1-69(2)65-44-55(64-43-54-19-9-10-20-58(54)59-21-11-12-22-60(59)64)37-42-63(65)68-62-24-14-13-23-61(62)67(45-66(68)69)70(56-38-33-52(34-39-56)50-29-25-48(26-30-50)46-15-5-3-6-16-46)57-40-35-53(36-41-57)51-31-27-49(28-32-51)47-17-7-4-8-18-47/h3-45H,1-2H3. The Morgan fingerprint density at radius 1 is 0.271 bits per heavy atom. The molecule has 1 nitrogen and oxygen atoms in total. The molecule has 1 heteroatoms. The monoisotopic (exact) mass is 891 g/mol. The van der Waals surface area contributed by atoms with Crippen LogP contribution >= 0.6 is 0 Å². The molecule has 70 heavy (non-hydrogen) atoms. The molecular weight excluding hydrogens is 843 g/mol. The van der Waals surface area contributed by atoms with Crippen molar-refractivity contribution >= 4 is 49.4 Å². The van der Waals surface area contributed by atoms with Gasteiger partial charge in [-0.25, -0.2) is 0 Å². The third-order valence-electron chi connectivity index (χ3n) is 14.9. The van der Waals surface area contributed by atoms with Crippen molar-refractivity contribution < 1.29 is 0 Å². The van der Waals surface area contributed by atoms with E-state index in [4.69, 9.17) is 0 Å². The molecule has 0 atom stereocenters. The first-order chi connectivity index (χ1) is 34.5. The molecule has 0 spiro atoms. The van der Waals surface area contributed by atoms with Crippen LogP contribution in [0.15, 0.2) is 261 Å². The van der Waals surface area contributed by atoms with Crippen LogP contribution in [0.25, 0.3) is 99.1 Å². The lowest BCUT2D eigenvalue weighted by Gasteiger charge is -2.30. The van der Waals surface area contributed by atoms with Crippen LogP contribution in [0.5, 0.6) is 0 Å². The zero-order valence-electron chi connectivity index (χ0n) is 39.3. The molecule has 1 aliphatic rings. The highest BCUT2D eigenvalue weighted by Gasteiger charge is 2.38. The topological polar surface area (TPSA) is 3.24 Å². The zero-order valence-corrected chi connectivity index (χ0v) is 39.3. The molecule has 0 radical (unpaired) electrons. The van der Waals surface area contributed by atoms with Crippen molar-refractivity contribution in [3.8, 4) is 66.8 Å². The van der Waals surface area contributed by atoms with Crippen LogP contribution in [-0.4, -0.2) is 0 Å². The molecule has 0 aromatic heterocycles. The van der Waals surface area contributed by atoms with Gasteiger partial charge in [0.15, 0.2) is 0 Å². The average Bonchev–Trinajstić information content (AvgIpc) is 3.66. The number of nitrogens with zero attached hydrogens (tertiary/aromatic N) is 1. The van der Waals surface area contributed by atoms with E-state index in [1.54, 1.807) is 0 Å². The van der Waals surface area contributed by atoms with Gasteiger partial charge < -0.3 is 4.90 Å². The van der Waals surface area contributed by atoms with E-state index < -0.39 is 0 Å². The highest BCUT2D eigenvalue weighted by molar-refractivity contribution is 6.15. The van der Waals surface area contributed by atoms with Crippen molar-refractivity contribution in [2.24, 2.45) is 0 Å². The van der Waals surface area contributed by atoms with Crippen molar-refractivity contribution in [1.82, 2.24) is 0 Å². The summed E-state index contributed by atoms with van der Waals surface area (Å²) in [6, 6.07) is 96.1. The van der Waals surface area contributed by atoms with Crippen LogP contribution < -0.4 is 4.90 Å². The average molecular weight is 892 g/mol. The minimum absolute atomic E-state index is 0.274. The maximum absolute atomic E-state index is 2.50. The first kappa shape index (κ1) is 41.4. The van der Waals surface area contributed by atoms with Crippen molar-refractivity contribution in [3.63, 3.8) is 0 Å². The predicted molar refractivity (Wildman–Crippen MR) is 298 cm³/mol. The van der Waals surface area contributed by atoms with Crippen LogP contribution in [0.1, 0.15) is 25.0 Å². The Labute approximate surface area is 410 Å². The number of fused-ring (bicyclic) bond motifs is 8. The van der Waals surface area contributed by atoms with Gasteiger partial charge in [-0.3, -0.25) is 0 Å². The van der Waals surface area contributed by atoms with Gasteiger partial charge >= 0.3 is 0 Å². The summed E-state index contributed by atoms with van der Waals surface area (Å²) >= 11 is 0. The molecule has 0 saturated carbocycles. The summed E-state index contributed by atoms with van der Waals surface area (Å²) in [5, 5.41) is 7.61. The zero-order chi connectivity index (χ0) is 46.8. The molecule has 0 fully saturated rings. The highest BCUT2D eigenvalue weighted by atomic mass is 15.1. The third-order valence-corrected chi connectivity index (χ3v) is 14.9. The molecule has 1 aliphatic carbocycles. The summed E-state index contributed by atoms with van der Waals surface area (Å²) in [5.74, 6) is 0. The van der Waals surface area contributed by atoms with E-state index in [1.807, 2.05) is 0 Å². The second-order valence-corrected chi connectivity index (χ2v) is 19.3. The number of anilines is 3. The van der Waals surface area contributed by atoms with Crippen molar-refractivity contribution in [2.75, 3.05) is 4.90 Å². The third kappa shape index (κ3) is 7.01. The molecule has 0 bridgehead atoms. The fourth-order valence-electron chi connectivity index (χ4n) is 11.2. The summed E-state index contributed by atoms with van der Waals surface area (Å²) in [6.45, 7) is 4.83. The molecule has 330 valence electrons. The van der Waals surface area contributed by atoms with E-state index in [1.165, 1.54) is 110 Å². The predicted octanol–water partition coefficient (Wildman–Crippen LogP) is 19.3. The van der Waals surface area contributed by atoms with Gasteiger partial charge in [0.2, 0.25) is 0 Å². The second-order valence-electron chi connectivity index (χ2n) is 19.3. The molecule has 0 heterocycles. The second kappa shape index (κ2) is 16.8.